The lowest BCUT2D eigenvalue weighted by Gasteiger charge is -2.27. The normalized spacial score (nSPS) is 32.2. The van der Waals surface area contributed by atoms with Crippen LogP contribution in [0.15, 0.2) is 22.7 Å². The van der Waals surface area contributed by atoms with Crippen molar-refractivity contribution in [2.75, 3.05) is 12.3 Å². The lowest BCUT2D eigenvalue weighted by molar-refractivity contribution is -0.0948. The van der Waals surface area contributed by atoms with Gasteiger partial charge < -0.3 is 30.4 Å². The van der Waals surface area contributed by atoms with Crippen LogP contribution in [0.1, 0.15) is 24.6 Å². The van der Waals surface area contributed by atoms with Crippen LogP contribution < -0.4 is 5.73 Å². The smallest absolute Gasteiger partial charge is 0.167 e. The van der Waals surface area contributed by atoms with Gasteiger partial charge in [0, 0.05) is 18.6 Å². The first-order valence-corrected chi connectivity index (χ1v) is 7.79. The van der Waals surface area contributed by atoms with E-state index in [9.17, 15) is 15.3 Å². The fourth-order valence-corrected chi connectivity index (χ4v) is 3.38. The van der Waals surface area contributed by atoms with Crippen LogP contribution in [-0.4, -0.2) is 66.7 Å². The number of hydrogen-bond acceptors (Lipinski definition) is 9. The minimum Gasteiger partial charge on any atom is -0.394 e. The highest BCUT2D eigenvalue weighted by atomic mass is 16.6. The van der Waals surface area contributed by atoms with Crippen LogP contribution in [0.4, 0.5) is 5.82 Å². The molecule has 2 aromatic rings. The molecule has 0 amide bonds. The van der Waals surface area contributed by atoms with Gasteiger partial charge in [-0.1, -0.05) is 0 Å². The van der Waals surface area contributed by atoms with Crippen molar-refractivity contribution in [1.82, 2.24) is 14.5 Å². The maximum absolute atomic E-state index is 10.7. The number of aliphatic hydroxyl groups is 3. The third-order valence-corrected chi connectivity index (χ3v) is 4.74. The summed E-state index contributed by atoms with van der Waals surface area (Å²) >= 11 is 0. The van der Waals surface area contributed by atoms with Gasteiger partial charge in [-0.05, 0) is 12.5 Å². The third-order valence-electron chi connectivity index (χ3n) is 4.74. The molecule has 0 unspecified atom stereocenters. The average molecular weight is 346 g/mol. The van der Waals surface area contributed by atoms with Crippen molar-refractivity contribution in [3.8, 4) is 0 Å². The number of nitrogen functional groups attached to an aromatic ring is 1. The molecule has 4 atom stereocenters. The second-order valence-corrected chi connectivity index (χ2v) is 6.38. The Morgan fingerprint density at radius 3 is 2.68 bits per heavy atom. The van der Waals surface area contributed by atoms with Gasteiger partial charge in [0.15, 0.2) is 6.23 Å². The molecular weight excluding hydrogens is 328 g/mol. The van der Waals surface area contributed by atoms with Gasteiger partial charge in [-0.3, -0.25) is 0 Å². The monoisotopic (exact) mass is 346 g/mol. The molecule has 0 saturated carbocycles. The van der Waals surface area contributed by atoms with Crippen LogP contribution in [-0.2, 0) is 4.74 Å². The molecule has 2 aromatic heterocycles. The summed E-state index contributed by atoms with van der Waals surface area (Å²) in [5.41, 5.74) is 5.62. The summed E-state index contributed by atoms with van der Waals surface area (Å²) in [6.45, 7) is 1.03. The fraction of sp³-hybridized carbons (Fsp3) is 0.467. The molecule has 2 aliphatic rings. The number of ether oxygens (including phenoxy) is 1. The molecule has 1 saturated heterocycles. The van der Waals surface area contributed by atoms with Gasteiger partial charge >= 0.3 is 0 Å². The van der Waals surface area contributed by atoms with Crippen LogP contribution in [0, 0.1) is 0 Å². The van der Waals surface area contributed by atoms with E-state index in [2.05, 4.69) is 20.2 Å². The molecule has 10 heteroatoms. The molecule has 0 bridgehead atoms. The largest absolute Gasteiger partial charge is 0.394 e. The minimum absolute atomic E-state index is 0.207. The fourth-order valence-electron chi connectivity index (χ4n) is 3.38. The second-order valence-electron chi connectivity index (χ2n) is 6.38. The molecule has 5 N–H and O–H groups in total. The molecule has 4 heterocycles. The van der Waals surface area contributed by atoms with Gasteiger partial charge in [0.2, 0.25) is 0 Å². The first-order chi connectivity index (χ1) is 11.9. The summed E-state index contributed by atoms with van der Waals surface area (Å²) < 4.78 is 7.29. The summed E-state index contributed by atoms with van der Waals surface area (Å²) in [6.07, 6.45) is 3.25. The van der Waals surface area contributed by atoms with Crippen molar-refractivity contribution in [3.05, 3.63) is 18.1 Å². The lowest BCUT2D eigenvalue weighted by Crippen LogP contribution is -2.44. The quantitative estimate of drug-likeness (QED) is 0.566. The van der Waals surface area contributed by atoms with Crippen LogP contribution >= 0.6 is 0 Å². The molecule has 0 radical (unpaired) electrons. The first kappa shape index (κ1) is 16.1. The van der Waals surface area contributed by atoms with E-state index in [1.165, 1.54) is 13.3 Å². The van der Waals surface area contributed by atoms with Gasteiger partial charge in [-0.25, -0.2) is 9.97 Å². The molecule has 132 valence electrons. The van der Waals surface area contributed by atoms with E-state index in [0.29, 0.717) is 11.0 Å². The Hall–Kier alpha value is -2.40. The molecule has 10 nitrogen and oxygen atoms in total. The zero-order chi connectivity index (χ0) is 17.8. The second kappa shape index (κ2) is 5.56. The Morgan fingerprint density at radius 1 is 1.32 bits per heavy atom. The van der Waals surface area contributed by atoms with E-state index in [1.807, 2.05) is 0 Å². The average Bonchev–Trinajstić information content (AvgIpc) is 3.27. The number of nitrogens with two attached hydrogens (primary N) is 1. The molecule has 4 rings (SSSR count). The van der Waals surface area contributed by atoms with Gasteiger partial charge in [0.1, 0.15) is 35.6 Å². The topological polar surface area (TPSA) is 151 Å². The summed E-state index contributed by atoms with van der Waals surface area (Å²) in [5.74, 6) is 0.0753. The summed E-state index contributed by atoms with van der Waals surface area (Å²) in [7, 11) is 0. The predicted molar refractivity (Wildman–Crippen MR) is 89.3 cm³/mol. The highest BCUT2D eigenvalue weighted by Gasteiger charge is 2.53. The zero-order valence-corrected chi connectivity index (χ0v) is 13.4. The zero-order valence-electron chi connectivity index (χ0n) is 13.4. The van der Waals surface area contributed by atoms with Gasteiger partial charge in [-0.15, -0.1) is 0 Å². The van der Waals surface area contributed by atoms with Crippen molar-refractivity contribution in [2.45, 2.75) is 36.9 Å². The molecular formula is C15H18N6O4. The highest BCUT2D eigenvalue weighted by molar-refractivity contribution is 6.01. The summed E-state index contributed by atoms with van der Waals surface area (Å²) in [5, 5.41) is 38.7. The number of rotatable bonds is 3. The maximum atomic E-state index is 10.7. The number of anilines is 1. The van der Waals surface area contributed by atoms with Crippen LogP contribution in [0.2, 0.25) is 0 Å². The number of aliphatic hydroxyl groups excluding tert-OH is 2. The Bertz CT molecular complexity index is 864. The van der Waals surface area contributed by atoms with Crippen LogP contribution in [0.5, 0.6) is 0 Å². The maximum Gasteiger partial charge on any atom is 0.167 e. The van der Waals surface area contributed by atoms with Crippen LogP contribution in [0.3, 0.4) is 0 Å². The van der Waals surface area contributed by atoms with E-state index >= 15 is 0 Å². The Morgan fingerprint density at radius 2 is 2.04 bits per heavy atom. The van der Waals surface area contributed by atoms with E-state index in [0.717, 1.165) is 5.56 Å². The predicted octanol–water partition coefficient (Wildman–Crippen LogP) is -0.831. The molecule has 2 aliphatic heterocycles. The molecule has 0 aromatic carbocycles. The Balaban J connectivity index is 1.90. The van der Waals surface area contributed by atoms with Crippen molar-refractivity contribution in [2.24, 2.45) is 10.2 Å². The van der Waals surface area contributed by atoms with Gasteiger partial charge in [-0.2, -0.15) is 10.2 Å². The number of nitrogens with zero attached hydrogens (tertiary/aromatic N) is 5. The Kier molecular flexibility index (Phi) is 3.58. The van der Waals surface area contributed by atoms with E-state index in [1.54, 1.807) is 23.2 Å². The van der Waals surface area contributed by atoms with Gasteiger partial charge in [0.05, 0.1) is 17.9 Å². The molecule has 25 heavy (non-hydrogen) atoms. The van der Waals surface area contributed by atoms with Crippen molar-refractivity contribution in [1.29, 1.82) is 0 Å². The van der Waals surface area contributed by atoms with Crippen molar-refractivity contribution < 1.29 is 20.1 Å². The van der Waals surface area contributed by atoms with E-state index in [-0.39, 0.29) is 11.7 Å². The van der Waals surface area contributed by atoms with Crippen molar-refractivity contribution >= 4 is 29.3 Å². The summed E-state index contributed by atoms with van der Waals surface area (Å²) in [4.78, 5) is 8.30. The standard InChI is InChI=1S/C15H18N6O4/c1-15(24)11(23)9(5-22)25-14(15)21-4-8(7-2-19-20-3-7)10-12(16)17-6-18-13(10)21/h2-4,6-7,9,11,14,22-24H,5H2,1H3,(H2,16,17,18)/t9-,11-,14-,15-/m1/s1. The minimum atomic E-state index is -1.63. The number of fused-ring (bicyclic) bond motifs is 1. The molecule has 0 aliphatic carbocycles. The first-order valence-electron chi connectivity index (χ1n) is 7.79. The van der Waals surface area contributed by atoms with E-state index in [4.69, 9.17) is 10.5 Å². The number of aromatic nitrogens is 3. The van der Waals surface area contributed by atoms with E-state index < -0.39 is 30.6 Å². The van der Waals surface area contributed by atoms with Crippen molar-refractivity contribution in [3.63, 3.8) is 0 Å². The molecule has 1 fully saturated rings. The summed E-state index contributed by atoms with van der Waals surface area (Å²) in [6, 6.07) is 0. The number of hydrogen-bond donors (Lipinski definition) is 4. The molecule has 0 spiro atoms. The van der Waals surface area contributed by atoms with Gasteiger partial charge in [0.25, 0.3) is 0 Å². The third kappa shape index (κ3) is 2.26. The van der Waals surface area contributed by atoms with Crippen LogP contribution in [0.25, 0.3) is 11.0 Å². The highest BCUT2D eigenvalue weighted by Crippen LogP contribution is 2.41. The SMILES string of the molecule is C[C@@]1(O)[C@H](O)[C@@H](CO)O[C@H]1n1cc(C2C=NN=C2)c2c(N)ncnc21. The lowest BCUT2D eigenvalue weighted by atomic mass is 9.96. The Labute approximate surface area is 142 Å².